The van der Waals surface area contributed by atoms with Crippen molar-refractivity contribution < 1.29 is 9.53 Å². The van der Waals surface area contributed by atoms with Gasteiger partial charge in [0.1, 0.15) is 5.75 Å². The van der Waals surface area contributed by atoms with Crippen molar-refractivity contribution in [2.24, 2.45) is 10.4 Å². The van der Waals surface area contributed by atoms with Crippen molar-refractivity contribution in [2.75, 3.05) is 18.1 Å². The summed E-state index contributed by atoms with van der Waals surface area (Å²) in [4.78, 5) is 19.5. The van der Waals surface area contributed by atoms with Crippen molar-refractivity contribution in [3.05, 3.63) is 71.3 Å². The number of carbonyl (C=O) groups is 1. The Morgan fingerprint density at radius 3 is 2.17 bits per heavy atom. The van der Waals surface area contributed by atoms with Gasteiger partial charge < -0.3 is 9.64 Å². The van der Waals surface area contributed by atoms with Gasteiger partial charge in [-0.15, -0.1) is 0 Å². The summed E-state index contributed by atoms with van der Waals surface area (Å²) < 4.78 is 6.12. The molecule has 3 rings (SSSR count). The second-order valence-electron chi connectivity index (χ2n) is 12.5. The molecule has 230 valence electrons. The SMILES string of the molecule is CCCCCCCCCCCCCCOc1cccc(CN(C(=O)CC)c2cccc(CC3(C)CN=CC=C3C)c2)c1. The molecule has 0 fully saturated rings. The van der Waals surface area contributed by atoms with Crippen LogP contribution in [0, 0.1) is 5.41 Å². The van der Waals surface area contributed by atoms with Gasteiger partial charge in [-0.25, -0.2) is 0 Å². The van der Waals surface area contributed by atoms with Crippen LogP contribution in [-0.2, 0) is 17.8 Å². The van der Waals surface area contributed by atoms with Crippen molar-refractivity contribution in [3.63, 3.8) is 0 Å². The van der Waals surface area contributed by atoms with Gasteiger partial charge in [0, 0.05) is 30.3 Å². The Labute approximate surface area is 256 Å². The summed E-state index contributed by atoms with van der Waals surface area (Å²) in [6.07, 6.45) is 21.5. The van der Waals surface area contributed by atoms with Crippen LogP contribution in [-0.4, -0.2) is 25.3 Å². The smallest absolute Gasteiger partial charge is 0.227 e. The molecule has 2 aromatic carbocycles. The Morgan fingerprint density at radius 2 is 1.50 bits per heavy atom. The highest BCUT2D eigenvalue weighted by Gasteiger charge is 2.28. The number of anilines is 1. The van der Waals surface area contributed by atoms with Crippen LogP contribution >= 0.6 is 0 Å². The van der Waals surface area contributed by atoms with Crippen molar-refractivity contribution in [2.45, 2.75) is 124 Å². The minimum atomic E-state index is 0.00614. The Bertz CT molecular complexity index is 1140. The highest BCUT2D eigenvalue weighted by Crippen LogP contribution is 2.34. The number of allylic oxidation sites excluding steroid dienone is 1. The van der Waals surface area contributed by atoms with E-state index < -0.39 is 0 Å². The molecule has 0 saturated heterocycles. The van der Waals surface area contributed by atoms with E-state index in [2.05, 4.69) is 68.2 Å². The zero-order chi connectivity index (χ0) is 30.0. The second kappa shape index (κ2) is 18.6. The second-order valence-corrected chi connectivity index (χ2v) is 12.5. The minimum Gasteiger partial charge on any atom is -0.494 e. The molecule has 4 nitrogen and oxygen atoms in total. The van der Waals surface area contributed by atoms with Crippen LogP contribution in [0.1, 0.15) is 122 Å². The van der Waals surface area contributed by atoms with Gasteiger partial charge in [-0.3, -0.25) is 9.79 Å². The number of rotatable bonds is 20. The van der Waals surface area contributed by atoms with Gasteiger partial charge in [0.2, 0.25) is 5.91 Å². The molecule has 0 N–H and O–H groups in total. The molecular formula is C38H56N2O2. The molecule has 0 spiro atoms. The van der Waals surface area contributed by atoms with E-state index in [1.165, 1.54) is 81.8 Å². The third-order valence-corrected chi connectivity index (χ3v) is 8.75. The monoisotopic (exact) mass is 572 g/mol. The maximum atomic E-state index is 13.1. The van der Waals surface area contributed by atoms with Crippen LogP contribution in [0.15, 0.2) is 65.2 Å². The Kier molecular flexibility index (Phi) is 14.9. The number of aliphatic imine (C=N–C) groups is 1. The molecular weight excluding hydrogens is 516 g/mol. The number of ether oxygens (including phenoxy) is 1. The van der Waals surface area contributed by atoms with E-state index in [4.69, 9.17) is 4.74 Å². The van der Waals surface area contributed by atoms with Crippen molar-refractivity contribution in [1.29, 1.82) is 0 Å². The zero-order valence-electron chi connectivity index (χ0n) is 27.0. The first kappa shape index (κ1) is 33.6. The topological polar surface area (TPSA) is 41.9 Å². The molecule has 0 radical (unpaired) electrons. The fourth-order valence-electron chi connectivity index (χ4n) is 5.79. The van der Waals surface area contributed by atoms with Crippen LogP contribution in [0.5, 0.6) is 5.75 Å². The predicted molar refractivity (Wildman–Crippen MR) is 180 cm³/mol. The van der Waals surface area contributed by atoms with Crippen LogP contribution < -0.4 is 9.64 Å². The lowest BCUT2D eigenvalue weighted by Gasteiger charge is -2.31. The maximum Gasteiger partial charge on any atom is 0.227 e. The number of dihydropyridines is 1. The molecule has 42 heavy (non-hydrogen) atoms. The van der Waals surface area contributed by atoms with Gasteiger partial charge in [0.15, 0.2) is 0 Å². The molecule has 1 atom stereocenters. The van der Waals surface area contributed by atoms with Crippen LogP contribution in [0.3, 0.4) is 0 Å². The number of unbranched alkanes of at least 4 members (excludes halogenated alkanes) is 11. The lowest BCUT2D eigenvalue weighted by Crippen LogP contribution is -2.30. The molecule has 4 heteroatoms. The van der Waals surface area contributed by atoms with E-state index in [-0.39, 0.29) is 11.3 Å². The molecule has 1 aliphatic heterocycles. The number of hydrogen-bond donors (Lipinski definition) is 0. The van der Waals surface area contributed by atoms with E-state index in [1.807, 2.05) is 30.2 Å². The fraction of sp³-hybridized carbons (Fsp3) is 0.579. The Balaban J connectivity index is 1.46. The van der Waals surface area contributed by atoms with Gasteiger partial charge in [-0.05, 0) is 61.2 Å². The van der Waals surface area contributed by atoms with E-state index in [0.29, 0.717) is 13.0 Å². The molecule has 0 aromatic heterocycles. The van der Waals surface area contributed by atoms with Crippen molar-refractivity contribution >= 4 is 17.8 Å². The van der Waals surface area contributed by atoms with E-state index in [9.17, 15) is 4.79 Å². The zero-order valence-corrected chi connectivity index (χ0v) is 27.0. The third-order valence-electron chi connectivity index (χ3n) is 8.75. The highest BCUT2D eigenvalue weighted by atomic mass is 16.5. The first-order valence-corrected chi connectivity index (χ1v) is 16.7. The number of carbonyl (C=O) groups excluding carboxylic acids is 1. The fourth-order valence-corrected chi connectivity index (χ4v) is 5.79. The van der Waals surface area contributed by atoms with Gasteiger partial charge >= 0.3 is 0 Å². The molecule has 1 unspecified atom stereocenters. The normalized spacial score (nSPS) is 16.3. The van der Waals surface area contributed by atoms with Gasteiger partial charge in [-0.2, -0.15) is 0 Å². The quantitative estimate of drug-likeness (QED) is 0.148. The summed E-state index contributed by atoms with van der Waals surface area (Å²) in [5.74, 6) is 1.01. The lowest BCUT2D eigenvalue weighted by atomic mass is 9.76. The molecule has 1 heterocycles. The lowest BCUT2D eigenvalue weighted by molar-refractivity contribution is -0.118. The number of amides is 1. The standard InChI is InChI=1S/C38H56N2O2/c1-5-7-8-9-10-11-12-13-14-15-16-17-26-42-36-23-19-21-34(28-36)30-40(37(41)6-2)35-22-18-20-33(27-35)29-38(4)31-39-25-24-32(38)3/h18-25,27-28H,5-17,26,29-31H2,1-4H3. The third kappa shape index (κ3) is 11.4. The Morgan fingerprint density at radius 1 is 0.857 bits per heavy atom. The average Bonchev–Trinajstić information content (AvgIpc) is 3.00. The summed E-state index contributed by atoms with van der Waals surface area (Å²) in [6, 6.07) is 16.7. The van der Waals surface area contributed by atoms with Gasteiger partial charge in [-0.1, -0.05) is 121 Å². The minimum absolute atomic E-state index is 0.00614. The predicted octanol–water partition coefficient (Wildman–Crippen LogP) is 10.3. The van der Waals surface area contributed by atoms with E-state index in [0.717, 1.165) is 43.0 Å². The molecule has 0 saturated carbocycles. The number of hydrogen-bond acceptors (Lipinski definition) is 3. The van der Waals surface area contributed by atoms with Crippen LogP contribution in [0.4, 0.5) is 5.69 Å². The summed E-state index contributed by atoms with van der Waals surface area (Å²) in [5.41, 5.74) is 4.62. The van der Waals surface area contributed by atoms with Crippen molar-refractivity contribution in [1.82, 2.24) is 0 Å². The van der Waals surface area contributed by atoms with Crippen LogP contribution in [0.2, 0.25) is 0 Å². The molecule has 1 amide bonds. The largest absolute Gasteiger partial charge is 0.494 e. The first-order valence-electron chi connectivity index (χ1n) is 16.7. The van der Waals surface area contributed by atoms with E-state index in [1.54, 1.807) is 0 Å². The summed E-state index contributed by atoms with van der Waals surface area (Å²) in [6.45, 7) is 10.8. The maximum absolute atomic E-state index is 13.1. The van der Waals surface area contributed by atoms with E-state index >= 15 is 0 Å². The molecule has 2 aromatic rings. The van der Waals surface area contributed by atoms with Crippen LogP contribution in [0.25, 0.3) is 0 Å². The Hall–Kier alpha value is -2.88. The van der Waals surface area contributed by atoms with Gasteiger partial charge in [0.05, 0.1) is 13.2 Å². The number of nitrogens with zero attached hydrogens (tertiary/aromatic N) is 2. The first-order chi connectivity index (χ1) is 20.4. The summed E-state index contributed by atoms with van der Waals surface area (Å²) in [7, 11) is 0. The van der Waals surface area contributed by atoms with Crippen molar-refractivity contribution in [3.8, 4) is 5.75 Å². The number of benzene rings is 2. The average molecular weight is 573 g/mol. The van der Waals surface area contributed by atoms with Gasteiger partial charge in [0.25, 0.3) is 0 Å². The molecule has 0 aliphatic carbocycles. The molecule has 0 bridgehead atoms. The summed E-state index contributed by atoms with van der Waals surface area (Å²) in [5, 5.41) is 0. The summed E-state index contributed by atoms with van der Waals surface area (Å²) >= 11 is 0. The molecule has 1 aliphatic rings. The highest BCUT2D eigenvalue weighted by molar-refractivity contribution is 5.93.